The molecule has 2 N–H and O–H groups in total. The Kier molecular flexibility index (Phi) is 8.18. The number of anilines is 2. The van der Waals surface area contributed by atoms with Gasteiger partial charge in [0.25, 0.3) is 11.8 Å². The summed E-state index contributed by atoms with van der Waals surface area (Å²) in [6, 6.07) is 24.0. The number of nitrogens with one attached hydrogen (secondary N) is 2. The molecule has 3 aromatic rings. The second-order valence-electron chi connectivity index (χ2n) is 8.45. The van der Waals surface area contributed by atoms with Gasteiger partial charge in [-0.2, -0.15) is 0 Å². The van der Waals surface area contributed by atoms with Crippen molar-refractivity contribution in [1.29, 1.82) is 0 Å². The predicted molar refractivity (Wildman–Crippen MR) is 140 cm³/mol. The summed E-state index contributed by atoms with van der Waals surface area (Å²) >= 11 is 0. The average Bonchev–Trinajstić information content (AvgIpc) is 2.93. The van der Waals surface area contributed by atoms with E-state index in [-0.39, 0.29) is 30.7 Å². The number of rotatable bonds is 8. The van der Waals surface area contributed by atoms with E-state index in [1.54, 1.807) is 48.5 Å². The highest BCUT2D eigenvalue weighted by atomic mass is 16.5. The Morgan fingerprint density at radius 3 is 2.33 bits per heavy atom. The molecule has 8 nitrogen and oxygen atoms in total. The maximum atomic E-state index is 13.2. The summed E-state index contributed by atoms with van der Waals surface area (Å²) in [5, 5.41) is 5.57. The van der Waals surface area contributed by atoms with Gasteiger partial charge in [0.2, 0.25) is 5.91 Å². The maximum Gasteiger partial charge on any atom is 0.256 e. The highest BCUT2D eigenvalue weighted by molar-refractivity contribution is 6.04. The number of ether oxygens (including phenoxy) is 1. The molecule has 1 aliphatic heterocycles. The van der Waals surface area contributed by atoms with Crippen molar-refractivity contribution in [3.63, 3.8) is 0 Å². The van der Waals surface area contributed by atoms with Gasteiger partial charge in [-0.1, -0.05) is 36.4 Å². The zero-order chi connectivity index (χ0) is 25.3. The molecule has 186 valence electrons. The van der Waals surface area contributed by atoms with Crippen molar-refractivity contribution in [2.75, 3.05) is 50.1 Å². The minimum Gasteiger partial charge on any atom is -0.497 e. The fourth-order valence-corrected chi connectivity index (χ4v) is 4.12. The van der Waals surface area contributed by atoms with Crippen LogP contribution in [0.3, 0.4) is 0 Å². The maximum absolute atomic E-state index is 13.2. The van der Waals surface area contributed by atoms with Crippen molar-refractivity contribution < 1.29 is 19.1 Å². The van der Waals surface area contributed by atoms with Gasteiger partial charge in [0.05, 0.1) is 18.4 Å². The third kappa shape index (κ3) is 6.21. The molecular weight excluding hydrogens is 456 g/mol. The van der Waals surface area contributed by atoms with Gasteiger partial charge >= 0.3 is 0 Å². The van der Waals surface area contributed by atoms with Gasteiger partial charge in [-0.3, -0.25) is 14.4 Å². The number of carbonyl (C=O) groups excluding carboxylic acids is 3. The van der Waals surface area contributed by atoms with Crippen LogP contribution in [0.2, 0.25) is 0 Å². The summed E-state index contributed by atoms with van der Waals surface area (Å²) in [5.74, 6) is -0.0879. The molecule has 0 aromatic heterocycles. The molecule has 0 aliphatic carbocycles. The number of carbonyl (C=O) groups is 3. The molecule has 3 aromatic carbocycles. The molecule has 0 unspecified atom stereocenters. The van der Waals surface area contributed by atoms with Crippen molar-refractivity contribution in [2.45, 2.75) is 6.42 Å². The predicted octanol–water partition coefficient (Wildman–Crippen LogP) is 3.42. The fourth-order valence-electron chi connectivity index (χ4n) is 4.12. The number of methoxy groups -OCH3 is 1. The Labute approximate surface area is 210 Å². The molecular formula is C28H30N4O4. The van der Waals surface area contributed by atoms with Crippen LogP contribution in [-0.2, 0) is 4.79 Å². The largest absolute Gasteiger partial charge is 0.497 e. The average molecular weight is 487 g/mol. The van der Waals surface area contributed by atoms with Crippen molar-refractivity contribution in [1.82, 2.24) is 10.2 Å². The van der Waals surface area contributed by atoms with E-state index < -0.39 is 0 Å². The van der Waals surface area contributed by atoms with Gasteiger partial charge in [0.1, 0.15) is 5.75 Å². The van der Waals surface area contributed by atoms with Crippen LogP contribution in [0.4, 0.5) is 11.4 Å². The summed E-state index contributed by atoms with van der Waals surface area (Å²) in [4.78, 5) is 42.2. The number of hydrogen-bond donors (Lipinski definition) is 2. The molecule has 3 amide bonds. The first-order chi connectivity index (χ1) is 17.5. The number of para-hydroxylation sites is 2. The van der Waals surface area contributed by atoms with Gasteiger partial charge in [0, 0.05) is 50.4 Å². The topological polar surface area (TPSA) is 91.0 Å². The highest BCUT2D eigenvalue weighted by Crippen LogP contribution is 2.21. The molecule has 0 spiro atoms. The zero-order valence-electron chi connectivity index (χ0n) is 20.3. The summed E-state index contributed by atoms with van der Waals surface area (Å²) in [6.07, 6.45) is 0.0774. The lowest BCUT2D eigenvalue weighted by atomic mass is 10.1. The number of piperazine rings is 1. The summed E-state index contributed by atoms with van der Waals surface area (Å²) < 4.78 is 5.14. The van der Waals surface area contributed by atoms with Gasteiger partial charge in [0.15, 0.2) is 0 Å². The highest BCUT2D eigenvalue weighted by Gasteiger charge is 2.24. The Bertz CT molecular complexity index is 1210. The van der Waals surface area contributed by atoms with E-state index in [2.05, 4.69) is 27.7 Å². The summed E-state index contributed by atoms with van der Waals surface area (Å²) in [7, 11) is 1.54. The molecule has 8 heteroatoms. The normalized spacial score (nSPS) is 13.1. The van der Waals surface area contributed by atoms with Crippen LogP contribution in [0, 0.1) is 0 Å². The molecule has 1 aliphatic rings. The lowest BCUT2D eigenvalue weighted by Crippen LogP contribution is -2.48. The second-order valence-corrected chi connectivity index (χ2v) is 8.45. The van der Waals surface area contributed by atoms with Crippen molar-refractivity contribution in [3.8, 4) is 5.75 Å². The number of amides is 3. The Morgan fingerprint density at radius 1 is 0.861 bits per heavy atom. The summed E-state index contributed by atoms with van der Waals surface area (Å²) in [6.45, 7) is 2.87. The van der Waals surface area contributed by atoms with Gasteiger partial charge < -0.3 is 25.2 Å². The Morgan fingerprint density at radius 2 is 1.58 bits per heavy atom. The smallest absolute Gasteiger partial charge is 0.256 e. The minimum atomic E-state index is -0.285. The SMILES string of the molecule is COc1cccc(C(=O)NCCC(=O)Nc2ccccc2C(=O)N2CCN(c3ccccc3)CC2)c1. The van der Waals surface area contributed by atoms with E-state index >= 15 is 0 Å². The first kappa shape index (κ1) is 24.8. The molecule has 0 radical (unpaired) electrons. The van der Waals surface area contributed by atoms with Crippen LogP contribution >= 0.6 is 0 Å². The third-order valence-corrected chi connectivity index (χ3v) is 6.09. The van der Waals surface area contributed by atoms with Crippen LogP contribution < -0.4 is 20.3 Å². The van der Waals surface area contributed by atoms with E-state index in [0.717, 1.165) is 18.8 Å². The van der Waals surface area contributed by atoms with E-state index in [0.29, 0.717) is 35.7 Å². The van der Waals surface area contributed by atoms with Crippen LogP contribution in [-0.4, -0.2) is 62.5 Å². The van der Waals surface area contributed by atoms with Crippen LogP contribution in [0.1, 0.15) is 27.1 Å². The molecule has 1 fully saturated rings. The molecule has 1 saturated heterocycles. The number of benzene rings is 3. The molecule has 0 atom stereocenters. The van der Waals surface area contributed by atoms with Gasteiger partial charge in [-0.15, -0.1) is 0 Å². The van der Waals surface area contributed by atoms with Crippen LogP contribution in [0.25, 0.3) is 0 Å². The van der Waals surface area contributed by atoms with Crippen molar-refractivity contribution >= 4 is 29.1 Å². The van der Waals surface area contributed by atoms with Crippen LogP contribution in [0.5, 0.6) is 5.75 Å². The van der Waals surface area contributed by atoms with Crippen molar-refractivity contribution in [2.24, 2.45) is 0 Å². The lowest BCUT2D eigenvalue weighted by molar-refractivity contribution is -0.116. The molecule has 4 rings (SSSR count). The fraction of sp³-hybridized carbons (Fsp3) is 0.250. The second kappa shape index (κ2) is 11.9. The van der Waals surface area contributed by atoms with E-state index in [9.17, 15) is 14.4 Å². The van der Waals surface area contributed by atoms with Gasteiger partial charge in [-0.25, -0.2) is 0 Å². The first-order valence-electron chi connectivity index (χ1n) is 12.0. The minimum absolute atomic E-state index is 0.0774. The zero-order valence-corrected chi connectivity index (χ0v) is 20.3. The molecule has 0 bridgehead atoms. The van der Waals surface area contributed by atoms with Gasteiger partial charge in [-0.05, 0) is 42.5 Å². The van der Waals surface area contributed by atoms with E-state index in [4.69, 9.17) is 4.74 Å². The lowest BCUT2D eigenvalue weighted by Gasteiger charge is -2.36. The quantitative estimate of drug-likeness (QED) is 0.509. The number of nitrogens with zero attached hydrogens (tertiary/aromatic N) is 2. The summed E-state index contributed by atoms with van der Waals surface area (Å²) in [5.41, 5.74) is 2.53. The van der Waals surface area contributed by atoms with Crippen LogP contribution in [0.15, 0.2) is 78.9 Å². The third-order valence-electron chi connectivity index (χ3n) is 6.09. The standard InChI is InChI=1S/C28H30N4O4/c1-36-23-11-7-8-21(20-23)27(34)29-15-14-26(33)30-25-13-6-5-12-24(25)28(35)32-18-16-31(17-19-32)22-9-3-2-4-10-22/h2-13,20H,14-19H2,1H3,(H,29,34)(H,30,33). The number of hydrogen-bond acceptors (Lipinski definition) is 5. The Hall–Kier alpha value is -4.33. The van der Waals surface area contributed by atoms with Crippen molar-refractivity contribution in [3.05, 3.63) is 90.0 Å². The monoisotopic (exact) mass is 486 g/mol. The molecule has 36 heavy (non-hydrogen) atoms. The molecule has 0 saturated carbocycles. The van der Waals surface area contributed by atoms with E-state index in [1.165, 1.54) is 7.11 Å². The van der Waals surface area contributed by atoms with E-state index in [1.807, 2.05) is 23.1 Å². The molecule has 1 heterocycles. The Balaban J connectivity index is 1.29. The first-order valence-corrected chi connectivity index (χ1v) is 12.0.